The van der Waals surface area contributed by atoms with Crippen molar-refractivity contribution in [1.29, 1.82) is 0 Å². The molecule has 88 valence electrons. The Morgan fingerprint density at radius 3 is 2.47 bits per heavy atom. The molecule has 0 amide bonds. The molecule has 4 heteroatoms. The minimum atomic E-state index is -0.949. The number of aliphatic hydroxyl groups is 1. The van der Waals surface area contributed by atoms with Crippen LogP contribution in [0.4, 0.5) is 0 Å². The van der Waals surface area contributed by atoms with Gasteiger partial charge in [-0.2, -0.15) is 0 Å². The summed E-state index contributed by atoms with van der Waals surface area (Å²) in [7, 11) is 1.57. The average Bonchev–Trinajstić information content (AvgIpc) is 2.38. The second-order valence-corrected chi connectivity index (χ2v) is 3.52. The first-order valence-corrected chi connectivity index (χ1v) is 5.13. The predicted octanol–water partition coefficient (Wildman–Crippen LogP) is 1.73. The van der Waals surface area contributed by atoms with Gasteiger partial charge in [0.2, 0.25) is 0 Å². The zero-order valence-electron chi connectivity index (χ0n) is 9.29. The fourth-order valence-corrected chi connectivity index (χ4v) is 1.50. The highest BCUT2D eigenvalue weighted by molar-refractivity contribution is 5.31. The van der Waals surface area contributed by atoms with E-state index < -0.39 is 11.7 Å². The Bertz CT molecular complexity index is 542. The molecule has 0 saturated heterocycles. The van der Waals surface area contributed by atoms with Crippen LogP contribution in [0.15, 0.2) is 51.7 Å². The van der Waals surface area contributed by atoms with Crippen molar-refractivity contribution in [2.75, 3.05) is 7.11 Å². The molecule has 1 aromatic carbocycles. The first-order chi connectivity index (χ1) is 8.20. The van der Waals surface area contributed by atoms with E-state index in [2.05, 4.69) is 0 Å². The molecule has 2 aromatic rings. The Morgan fingerprint density at radius 2 is 1.88 bits per heavy atom. The van der Waals surface area contributed by atoms with E-state index >= 15 is 0 Å². The molecule has 1 atom stereocenters. The summed E-state index contributed by atoms with van der Waals surface area (Å²) < 4.78 is 9.93. The highest BCUT2D eigenvalue weighted by atomic mass is 16.5. The van der Waals surface area contributed by atoms with Gasteiger partial charge in [-0.15, -0.1) is 0 Å². The average molecular weight is 232 g/mol. The van der Waals surface area contributed by atoms with Gasteiger partial charge in [0, 0.05) is 6.07 Å². The summed E-state index contributed by atoms with van der Waals surface area (Å²) in [6.45, 7) is 0. The molecule has 0 aliphatic carbocycles. The highest BCUT2D eigenvalue weighted by Gasteiger charge is 2.12. The van der Waals surface area contributed by atoms with Crippen LogP contribution in [0.1, 0.15) is 17.4 Å². The Kier molecular flexibility index (Phi) is 3.25. The quantitative estimate of drug-likeness (QED) is 0.875. The third kappa shape index (κ3) is 2.54. The van der Waals surface area contributed by atoms with E-state index in [1.807, 2.05) is 0 Å². The minimum absolute atomic E-state index is 0.225. The summed E-state index contributed by atoms with van der Waals surface area (Å²) in [6.07, 6.45) is -0.949. The van der Waals surface area contributed by atoms with Gasteiger partial charge in [-0.05, 0) is 23.8 Å². The zero-order valence-corrected chi connectivity index (χ0v) is 9.29. The first-order valence-electron chi connectivity index (χ1n) is 5.13. The predicted molar refractivity (Wildman–Crippen MR) is 62.0 cm³/mol. The second-order valence-electron chi connectivity index (χ2n) is 3.52. The fraction of sp³-hybridized carbons (Fsp3) is 0.154. The van der Waals surface area contributed by atoms with Crippen LogP contribution in [-0.2, 0) is 0 Å². The van der Waals surface area contributed by atoms with Crippen LogP contribution in [0.2, 0.25) is 0 Å². The van der Waals surface area contributed by atoms with Crippen molar-refractivity contribution in [2.24, 2.45) is 0 Å². The lowest BCUT2D eigenvalue weighted by Gasteiger charge is -2.09. The summed E-state index contributed by atoms with van der Waals surface area (Å²) >= 11 is 0. The van der Waals surface area contributed by atoms with Gasteiger partial charge in [0.1, 0.15) is 17.6 Å². The molecule has 1 aromatic heterocycles. The molecule has 0 radical (unpaired) electrons. The maximum Gasteiger partial charge on any atom is 0.335 e. The van der Waals surface area contributed by atoms with Crippen molar-refractivity contribution in [2.45, 2.75) is 6.10 Å². The largest absolute Gasteiger partial charge is 0.497 e. The molecular weight excluding hydrogens is 220 g/mol. The number of benzene rings is 1. The smallest absolute Gasteiger partial charge is 0.335 e. The van der Waals surface area contributed by atoms with E-state index in [9.17, 15) is 9.90 Å². The van der Waals surface area contributed by atoms with Crippen LogP contribution in [0, 0.1) is 0 Å². The standard InChI is InChI=1S/C13H12O4/c1-16-10-7-5-9(6-8-10)13(15)11-3-2-4-12(14)17-11/h2-8,13,15H,1H3/t13-/m0/s1. The van der Waals surface area contributed by atoms with E-state index in [0.717, 1.165) is 0 Å². The molecule has 0 fully saturated rings. The van der Waals surface area contributed by atoms with Crippen LogP contribution in [0.3, 0.4) is 0 Å². The van der Waals surface area contributed by atoms with E-state index in [1.54, 1.807) is 43.5 Å². The van der Waals surface area contributed by atoms with E-state index in [4.69, 9.17) is 9.15 Å². The molecule has 4 nitrogen and oxygen atoms in total. The maximum atomic E-state index is 11.0. The van der Waals surface area contributed by atoms with Crippen molar-refractivity contribution in [3.8, 4) is 5.75 Å². The number of methoxy groups -OCH3 is 1. The molecule has 1 heterocycles. The molecule has 0 aliphatic heterocycles. The topological polar surface area (TPSA) is 59.7 Å². The molecule has 0 bridgehead atoms. The third-order valence-corrected chi connectivity index (χ3v) is 2.41. The number of hydrogen-bond acceptors (Lipinski definition) is 4. The summed E-state index contributed by atoms with van der Waals surface area (Å²) in [5.41, 5.74) is 0.162. The van der Waals surface area contributed by atoms with E-state index in [0.29, 0.717) is 11.3 Å². The van der Waals surface area contributed by atoms with Crippen molar-refractivity contribution in [3.05, 3.63) is 64.2 Å². The summed E-state index contributed by atoms with van der Waals surface area (Å²) in [5, 5.41) is 10.0. The van der Waals surface area contributed by atoms with Crippen LogP contribution in [-0.4, -0.2) is 12.2 Å². The highest BCUT2D eigenvalue weighted by Crippen LogP contribution is 2.22. The number of aliphatic hydroxyl groups excluding tert-OH is 1. The number of hydrogen-bond donors (Lipinski definition) is 1. The Hall–Kier alpha value is -2.07. The number of ether oxygens (including phenoxy) is 1. The lowest BCUT2D eigenvalue weighted by molar-refractivity contribution is 0.183. The molecule has 17 heavy (non-hydrogen) atoms. The number of rotatable bonds is 3. The zero-order chi connectivity index (χ0) is 12.3. The van der Waals surface area contributed by atoms with Gasteiger partial charge in [0.05, 0.1) is 7.11 Å². The van der Waals surface area contributed by atoms with Gasteiger partial charge in [0.15, 0.2) is 0 Å². The van der Waals surface area contributed by atoms with Crippen molar-refractivity contribution in [3.63, 3.8) is 0 Å². The van der Waals surface area contributed by atoms with Crippen LogP contribution >= 0.6 is 0 Å². The summed E-state index contributed by atoms with van der Waals surface area (Å²) in [4.78, 5) is 11.0. The van der Waals surface area contributed by atoms with Gasteiger partial charge in [-0.1, -0.05) is 18.2 Å². The second kappa shape index (κ2) is 4.84. The molecular formula is C13H12O4. The molecule has 0 aliphatic rings. The van der Waals surface area contributed by atoms with Crippen LogP contribution in [0.5, 0.6) is 5.75 Å². The molecule has 0 saturated carbocycles. The summed E-state index contributed by atoms with van der Waals surface area (Å²) in [6, 6.07) is 11.3. The monoisotopic (exact) mass is 232 g/mol. The molecule has 1 N–H and O–H groups in total. The lowest BCUT2D eigenvalue weighted by Crippen LogP contribution is -2.04. The Labute approximate surface area is 98.1 Å². The van der Waals surface area contributed by atoms with Crippen molar-refractivity contribution in [1.82, 2.24) is 0 Å². The van der Waals surface area contributed by atoms with Crippen LogP contribution in [0.25, 0.3) is 0 Å². The van der Waals surface area contributed by atoms with Gasteiger partial charge in [-0.25, -0.2) is 4.79 Å². The van der Waals surface area contributed by atoms with Gasteiger partial charge >= 0.3 is 5.63 Å². The Morgan fingerprint density at radius 1 is 1.18 bits per heavy atom. The van der Waals surface area contributed by atoms with E-state index in [1.165, 1.54) is 6.07 Å². The normalized spacial score (nSPS) is 12.1. The van der Waals surface area contributed by atoms with Gasteiger partial charge < -0.3 is 14.3 Å². The molecule has 2 rings (SSSR count). The SMILES string of the molecule is COc1ccc([C@H](O)c2cccc(=O)o2)cc1. The van der Waals surface area contributed by atoms with Gasteiger partial charge in [-0.3, -0.25) is 0 Å². The van der Waals surface area contributed by atoms with Crippen molar-refractivity contribution < 1.29 is 14.3 Å². The fourth-order valence-electron chi connectivity index (χ4n) is 1.50. The maximum absolute atomic E-state index is 11.0. The van der Waals surface area contributed by atoms with Crippen LogP contribution < -0.4 is 10.4 Å². The lowest BCUT2D eigenvalue weighted by atomic mass is 10.1. The molecule has 0 spiro atoms. The summed E-state index contributed by atoms with van der Waals surface area (Å²) in [5.74, 6) is 0.929. The third-order valence-electron chi connectivity index (χ3n) is 2.41. The van der Waals surface area contributed by atoms with E-state index in [-0.39, 0.29) is 5.76 Å². The van der Waals surface area contributed by atoms with Crippen molar-refractivity contribution >= 4 is 0 Å². The first kappa shape index (κ1) is 11.4. The van der Waals surface area contributed by atoms with Gasteiger partial charge in [0.25, 0.3) is 0 Å². The molecule has 0 unspecified atom stereocenters. The minimum Gasteiger partial charge on any atom is -0.497 e. The Balaban J connectivity index is 2.30.